The standard InChI is InChI=1S/C19H22N4O2S.ClH/c1-20-26(24,25)14-17-10-6-5-9-16(17)11-21-12-18-13-22-23-19(18)15-7-3-2-4-8-15;/h2-10,13,20-21H,11-12,14H2,1H3,(H,22,23);1H. The van der Waals surface area contributed by atoms with Crippen LogP contribution in [0.4, 0.5) is 0 Å². The highest BCUT2D eigenvalue weighted by atomic mass is 35.5. The molecule has 3 aromatic rings. The van der Waals surface area contributed by atoms with Crippen molar-refractivity contribution in [1.29, 1.82) is 0 Å². The predicted octanol–water partition coefficient (Wildman–Crippen LogP) is 2.84. The molecule has 0 radical (unpaired) electrons. The third-order valence-corrected chi connectivity index (χ3v) is 5.50. The van der Waals surface area contributed by atoms with E-state index in [1.165, 1.54) is 7.05 Å². The van der Waals surface area contributed by atoms with Crippen LogP contribution in [-0.2, 0) is 28.9 Å². The SMILES string of the molecule is CNS(=O)(=O)Cc1ccccc1CNCc1cn[nH]c1-c1ccccc1.Cl. The molecule has 8 heteroatoms. The summed E-state index contributed by atoms with van der Waals surface area (Å²) in [5.74, 6) is -0.0255. The quantitative estimate of drug-likeness (QED) is 0.536. The Morgan fingerprint density at radius 2 is 1.56 bits per heavy atom. The minimum atomic E-state index is -3.30. The molecule has 0 aliphatic carbocycles. The first-order valence-electron chi connectivity index (χ1n) is 8.35. The van der Waals surface area contributed by atoms with Gasteiger partial charge in [0.1, 0.15) is 0 Å². The highest BCUT2D eigenvalue weighted by Gasteiger charge is 2.12. The summed E-state index contributed by atoms with van der Waals surface area (Å²) in [6, 6.07) is 17.6. The first-order chi connectivity index (χ1) is 12.6. The largest absolute Gasteiger partial charge is 0.308 e. The van der Waals surface area contributed by atoms with Crippen LogP contribution in [0.3, 0.4) is 0 Å². The number of hydrogen-bond acceptors (Lipinski definition) is 4. The minimum Gasteiger partial charge on any atom is -0.308 e. The van der Waals surface area contributed by atoms with Crippen LogP contribution in [0, 0.1) is 0 Å². The molecule has 3 N–H and O–H groups in total. The molecular formula is C19H23ClN4O2S. The maximum atomic E-state index is 11.8. The van der Waals surface area contributed by atoms with Gasteiger partial charge in [-0.15, -0.1) is 12.4 Å². The molecule has 0 saturated carbocycles. The number of rotatable bonds is 8. The molecule has 0 atom stereocenters. The summed E-state index contributed by atoms with van der Waals surface area (Å²) in [6.45, 7) is 1.21. The monoisotopic (exact) mass is 406 g/mol. The molecule has 3 rings (SSSR count). The molecule has 0 saturated heterocycles. The highest BCUT2D eigenvalue weighted by molar-refractivity contribution is 7.88. The van der Waals surface area contributed by atoms with Crippen molar-refractivity contribution < 1.29 is 8.42 Å². The minimum absolute atomic E-state index is 0. The molecule has 2 aromatic carbocycles. The van der Waals surface area contributed by atoms with Gasteiger partial charge in [-0.05, 0) is 23.7 Å². The second-order valence-corrected chi connectivity index (χ2v) is 7.90. The maximum Gasteiger partial charge on any atom is 0.215 e. The van der Waals surface area contributed by atoms with Crippen LogP contribution in [0.25, 0.3) is 11.3 Å². The Bertz CT molecular complexity index is 959. The molecule has 0 aliphatic rings. The smallest absolute Gasteiger partial charge is 0.215 e. The maximum absolute atomic E-state index is 11.8. The Labute approximate surface area is 165 Å². The Hall–Kier alpha value is -2.19. The van der Waals surface area contributed by atoms with Crippen LogP contribution in [-0.4, -0.2) is 25.7 Å². The first kappa shape index (κ1) is 21.1. The molecular weight excluding hydrogens is 384 g/mol. The van der Waals surface area contributed by atoms with Gasteiger partial charge in [0.15, 0.2) is 0 Å². The fraction of sp³-hybridized carbons (Fsp3) is 0.211. The van der Waals surface area contributed by atoms with Gasteiger partial charge in [-0.3, -0.25) is 5.10 Å². The molecule has 0 unspecified atom stereocenters. The van der Waals surface area contributed by atoms with Gasteiger partial charge >= 0.3 is 0 Å². The number of H-pyrrole nitrogens is 1. The van der Waals surface area contributed by atoms with E-state index in [-0.39, 0.29) is 18.2 Å². The van der Waals surface area contributed by atoms with Crippen molar-refractivity contribution in [2.75, 3.05) is 7.05 Å². The summed E-state index contributed by atoms with van der Waals surface area (Å²) in [4.78, 5) is 0. The highest BCUT2D eigenvalue weighted by Crippen LogP contribution is 2.20. The molecule has 1 heterocycles. The summed E-state index contributed by atoms with van der Waals surface area (Å²) in [7, 11) is -1.87. The van der Waals surface area contributed by atoms with Crippen LogP contribution in [0.15, 0.2) is 60.8 Å². The Morgan fingerprint density at radius 1 is 0.926 bits per heavy atom. The van der Waals surface area contributed by atoms with Crippen LogP contribution < -0.4 is 10.0 Å². The van der Waals surface area contributed by atoms with E-state index in [2.05, 4.69) is 20.2 Å². The van der Waals surface area contributed by atoms with E-state index in [9.17, 15) is 8.42 Å². The van der Waals surface area contributed by atoms with Gasteiger partial charge in [-0.1, -0.05) is 54.6 Å². The fourth-order valence-electron chi connectivity index (χ4n) is 2.78. The summed E-state index contributed by atoms with van der Waals surface area (Å²) in [5, 5.41) is 10.6. The van der Waals surface area contributed by atoms with Crippen molar-refractivity contribution in [3.63, 3.8) is 0 Å². The van der Waals surface area contributed by atoms with Crippen LogP contribution in [0.2, 0.25) is 0 Å². The molecule has 144 valence electrons. The van der Waals surface area contributed by atoms with Gasteiger partial charge in [0.25, 0.3) is 0 Å². The van der Waals surface area contributed by atoms with Gasteiger partial charge in [0.2, 0.25) is 10.0 Å². The first-order valence-corrected chi connectivity index (χ1v) is 10.0. The molecule has 27 heavy (non-hydrogen) atoms. The zero-order valence-electron chi connectivity index (χ0n) is 15.0. The van der Waals surface area contributed by atoms with E-state index in [0.29, 0.717) is 13.1 Å². The van der Waals surface area contributed by atoms with E-state index < -0.39 is 10.0 Å². The Balaban J connectivity index is 0.00000261. The van der Waals surface area contributed by atoms with E-state index in [0.717, 1.165) is 27.9 Å². The molecule has 0 fully saturated rings. The zero-order valence-corrected chi connectivity index (χ0v) is 16.6. The van der Waals surface area contributed by atoms with Crippen molar-refractivity contribution in [3.05, 3.63) is 77.5 Å². The van der Waals surface area contributed by atoms with Gasteiger partial charge in [-0.2, -0.15) is 5.10 Å². The lowest BCUT2D eigenvalue weighted by atomic mass is 10.1. The molecule has 1 aromatic heterocycles. The van der Waals surface area contributed by atoms with Crippen molar-refractivity contribution in [3.8, 4) is 11.3 Å². The zero-order chi connectivity index (χ0) is 18.4. The van der Waals surface area contributed by atoms with Crippen LogP contribution >= 0.6 is 12.4 Å². The fourth-order valence-corrected chi connectivity index (χ4v) is 3.61. The lowest BCUT2D eigenvalue weighted by Crippen LogP contribution is -2.22. The number of nitrogens with zero attached hydrogens (tertiary/aromatic N) is 1. The third-order valence-electron chi connectivity index (χ3n) is 4.19. The Morgan fingerprint density at radius 3 is 2.26 bits per heavy atom. The summed E-state index contributed by atoms with van der Waals surface area (Å²) in [6.07, 6.45) is 1.81. The number of nitrogens with one attached hydrogen (secondary N) is 3. The molecule has 0 aliphatic heterocycles. The predicted molar refractivity (Wildman–Crippen MR) is 110 cm³/mol. The van der Waals surface area contributed by atoms with Crippen LogP contribution in [0.5, 0.6) is 0 Å². The van der Waals surface area contributed by atoms with Crippen molar-refractivity contribution >= 4 is 22.4 Å². The summed E-state index contributed by atoms with van der Waals surface area (Å²) in [5.41, 5.74) is 4.91. The van der Waals surface area contributed by atoms with E-state index in [1.54, 1.807) is 0 Å². The van der Waals surface area contributed by atoms with Crippen molar-refractivity contribution in [1.82, 2.24) is 20.2 Å². The Kier molecular flexibility index (Phi) is 7.55. The van der Waals surface area contributed by atoms with Crippen molar-refractivity contribution in [2.45, 2.75) is 18.8 Å². The number of aromatic nitrogens is 2. The van der Waals surface area contributed by atoms with Gasteiger partial charge in [-0.25, -0.2) is 13.1 Å². The van der Waals surface area contributed by atoms with E-state index >= 15 is 0 Å². The number of hydrogen-bond donors (Lipinski definition) is 3. The number of sulfonamides is 1. The summed E-state index contributed by atoms with van der Waals surface area (Å²) >= 11 is 0. The lowest BCUT2D eigenvalue weighted by Gasteiger charge is -2.11. The molecule has 6 nitrogen and oxygen atoms in total. The van der Waals surface area contributed by atoms with Gasteiger partial charge in [0, 0.05) is 18.7 Å². The van der Waals surface area contributed by atoms with Gasteiger partial charge in [0.05, 0.1) is 17.6 Å². The van der Waals surface area contributed by atoms with Crippen molar-refractivity contribution in [2.24, 2.45) is 0 Å². The molecule has 0 bridgehead atoms. The molecule has 0 amide bonds. The van der Waals surface area contributed by atoms with E-state index in [4.69, 9.17) is 0 Å². The normalized spacial score (nSPS) is 11.1. The number of benzene rings is 2. The second kappa shape index (κ2) is 9.66. The summed E-state index contributed by atoms with van der Waals surface area (Å²) < 4.78 is 26.0. The number of halogens is 1. The number of aromatic amines is 1. The average Bonchev–Trinajstić information content (AvgIpc) is 3.12. The molecule has 0 spiro atoms. The third kappa shape index (κ3) is 5.64. The average molecular weight is 407 g/mol. The lowest BCUT2D eigenvalue weighted by molar-refractivity contribution is 0.587. The van der Waals surface area contributed by atoms with Crippen LogP contribution in [0.1, 0.15) is 16.7 Å². The second-order valence-electron chi connectivity index (χ2n) is 5.97. The topological polar surface area (TPSA) is 86.9 Å². The van der Waals surface area contributed by atoms with Gasteiger partial charge < -0.3 is 5.32 Å². The van der Waals surface area contributed by atoms with E-state index in [1.807, 2.05) is 60.8 Å².